The molecule has 0 bridgehead atoms. The van der Waals surface area contributed by atoms with Gasteiger partial charge in [0, 0.05) is 19.3 Å². The highest BCUT2D eigenvalue weighted by Crippen LogP contribution is 2.15. The maximum atomic E-state index is 10.8. The summed E-state index contributed by atoms with van der Waals surface area (Å²) in [4.78, 5) is 41.7. The van der Waals surface area contributed by atoms with Crippen molar-refractivity contribution in [2.45, 2.75) is 25.4 Å². The normalized spacial score (nSPS) is 13.6. The first-order chi connectivity index (χ1) is 7.17. The lowest BCUT2D eigenvalue weighted by molar-refractivity contribution is -0.333. The summed E-state index contributed by atoms with van der Waals surface area (Å²) in [5, 5.41) is 29.8. The van der Waals surface area contributed by atoms with Crippen LogP contribution in [0.3, 0.4) is 0 Å². The van der Waals surface area contributed by atoms with Crippen molar-refractivity contribution in [1.82, 2.24) is 0 Å². The second-order valence-corrected chi connectivity index (χ2v) is 3.01. The van der Waals surface area contributed by atoms with Crippen molar-refractivity contribution in [2.24, 2.45) is 0 Å². The topological polar surface area (TPSA) is 144 Å². The SMILES string of the molecule is CC(=O)OC(=O)CC(O)(CC(=O)[O-])C(=O)[O-]. The van der Waals surface area contributed by atoms with Gasteiger partial charge in [-0.3, -0.25) is 9.59 Å². The van der Waals surface area contributed by atoms with Crippen molar-refractivity contribution < 1.29 is 39.2 Å². The minimum Gasteiger partial charge on any atom is -0.550 e. The highest BCUT2D eigenvalue weighted by atomic mass is 16.6. The van der Waals surface area contributed by atoms with Gasteiger partial charge < -0.3 is 29.6 Å². The number of aliphatic hydroxyl groups is 1. The molecule has 8 nitrogen and oxygen atoms in total. The van der Waals surface area contributed by atoms with E-state index in [0.29, 0.717) is 0 Å². The van der Waals surface area contributed by atoms with Gasteiger partial charge in [0.1, 0.15) is 5.60 Å². The number of carboxylic acids is 2. The van der Waals surface area contributed by atoms with Crippen LogP contribution < -0.4 is 10.2 Å². The van der Waals surface area contributed by atoms with Gasteiger partial charge in [-0.05, 0) is 0 Å². The Balaban J connectivity index is 4.68. The lowest BCUT2D eigenvalue weighted by Gasteiger charge is -2.28. The number of rotatable bonds is 5. The number of carbonyl (C=O) groups is 4. The minimum absolute atomic E-state index is 0.884. The molecule has 0 rings (SSSR count). The van der Waals surface area contributed by atoms with E-state index < -0.39 is 42.3 Å². The van der Waals surface area contributed by atoms with E-state index >= 15 is 0 Å². The molecule has 0 aromatic heterocycles. The zero-order valence-electron chi connectivity index (χ0n) is 8.22. The Labute approximate surface area is 89.4 Å². The van der Waals surface area contributed by atoms with Gasteiger partial charge in [0.25, 0.3) is 0 Å². The number of aliphatic carboxylic acids is 2. The molecule has 0 spiro atoms. The Kier molecular flexibility index (Phi) is 4.58. The van der Waals surface area contributed by atoms with Crippen LogP contribution in [-0.4, -0.2) is 34.6 Å². The minimum atomic E-state index is -2.95. The molecule has 1 N–H and O–H groups in total. The van der Waals surface area contributed by atoms with E-state index in [2.05, 4.69) is 4.74 Å². The van der Waals surface area contributed by atoms with Crippen LogP contribution in [0.25, 0.3) is 0 Å². The summed E-state index contributed by atoms with van der Waals surface area (Å²) < 4.78 is 3.94. The molecule has 1 atom stereocenters. The van der Waals surface area contributed by atoms with Gasteiger partial charge in [0.05, 0.1) is 12.4 Å². The molecule has 0 aliphatic rings. The average molecular weight is 232 g/mol. The fourth-order valence-electron chi connectivity index (χ4n) is 0.881. The van der Waals surface area contributed by atoms with Gasteiger partial charge >= 0.3 is 11.9 Å². The lowest BCUT2D eigenvalue weighted by Crippen LogP contribution is -2.52. The molecule has 0 radical (unpaired) electrons. The van der Waals surface area contributed by atoms with Crippen LogP contribution in [-0.2, 0) is 23.9 Å². The van der Waals surface area contributed by atoms with Crippen LogP contribution in [0.2, 0.25) is 0 Å². The standard InChI is InChI=1S/C8H10O8/c1-4(9)16-6(12)3-8(15,7(13)14)2-5(10)11/h15H,2-3H2,1H3,(H,10,11)(H,13,14)/p-2. The highest BCUT2D eigenvalue weighted by Gasteiger charge is 2.33. The molecule has 0 saturated carbocycles. The van der Waals surface area contributed by atoms with Crippen LogP contribution in [0.15, 0.2) is 0 Å². The number of carbonyl (C=O) groups excluding carboxylic acids is 4. The Morgan fingerprint density at radius 1 is 1.19 bits per heavy atom. The van der Waals surface area contributed by atoms with Gasteiger partial charge in [0.15, 0.2) is 0 Å². The first kappa shape index (κ1) is 14.0. The van der Waals surface area contributed by atoms with E-state index in [-0.39, 0.29) is 0 Å². The molecule has 16 heavy (non-hydrogen) atoms. The first-order valence-corrected chi connectivity index (χ1v) is 4.02. The fraction of sp³-hybridized carbons (Fsp3) is 0.500. The van der Waals surface area contributed by atoms with E-state index in [1.807, 2.05) is 0 Å². The van der Waals surface area contributed by atoms with Gasteiger partial charge in [-0.25, -0.2) is 0 Å². The predicted octanol–water partition coefficient (Wildman–Crippen LogP) is -3.91. The smallest absolute Gasteiger partial charge is 0.316 e. The second kappa shape index (κ2) is 5.21. The number of esters is 2. The third kappa shape index (κ3) is 4.51. The van der Waals surface area contributed by atoms with Gasteiger partial charge in [0.2, 0.25) is 0 Å². The Morgan fingerprint density at radius 3 is 2.00 bits per heavy atom. The zero-order chi connectivity index (χ0) is 12.9. The molecule has 0 aromatic carbocycles. The van der Waals surface area contributed by atoms with Gasteiger partial charge in [-0.2, -0.15) is 0 Å². The third-order valence-corrected chi connectivity index (χ3v) is 1.51. The summed E-state index contributed by atoms with van der Waals surface area (Å²) in [7, 11) is 0. The molecule has 0 aliphatic heterocycles. The van der Waals surface area contributed by atoms with Crippen LogP contribution in [0.5, 0.6) is 0 Å². The highest BCUT2D eigenvalue weighted by molar-refractivity contribution is 5.90. The molecular formula is C8H8O8-2. The maximum absolute atomic E-state index is 10.8. The summed E-state index contributed by atoms with van der Waals surface area (Å²) in [5.41, 5.74) is -2.95. The molecule has 0 saturated heterocycles. The summed E-state index contributed by atoms with van der Waals surface area (Å²) in [6.07, 6.45) is -2.56. The number of hydrogen-bond acceptors (Lipinski definition) is 8. The van der Waals surface area contributed by atoms with Crippen molar-refractivity contribution >= 4 is 23.9 Å². The third-order valence-electron chi connectivity index (χ3n) is 1.51. The van der Waals surface area contributed by atoms with E-state index in [1.165, 1.54) is 0 Å². The lowest BCUT2D eigenvalue weighted by atomic mass is 9.96. The Hall–Kier alpha value is -1.96. The molecule has 90 valence electrons. The van der Waals surface area contributed by atoms with E-state index in [4.69, 9.17) is 0 Å². The largest absolute Gasteiger partial charge is 0.550 e. The molecule has 0 aliphatic carbocycles. The van der Waals surface area contributed by atoms with Crippen LogP contribution in [0.1, 0.15) is 19.8 Å². The monoisotopic (exact) mass is 232 g/mol. The van der Waals surface area contributed by atoms with Crippen molar-refractivity contribution in [2.75, 3.05) is 0 Å². The molecular weight excluding hydrogens is 224 g/mol. The summed E-state index contributed by atoms with van der Waals surface area (Å²) >= 11 is 0. The Morgan fingerprint density at radius 2 is 1.69 bits per heavy atom. The molecule has 1 unspecified atom stereocenters. The maximum Gasteiger partial charge on any atom is 0.316 e. The summed E-state index contributed by atoms with van der Waals surface area (Å²) in [5.74, 6) is -6.45. The molecule has 0 aromatic rings. The molecule has 0 heterocycles. The van der Waals surface area contributed by atoms with Crippen LogP contribution in [0, 0.1) is 0 Å². The molecule has 8 heteroatoms. The van der Waals surface area contributed by atoms with Crippen molar-refractivity contribution in [1.29, 1.82) is 0 Å². The summed E-state index contributed by atoms with van der Waals surface area (Å²) in [6.45, 7) is 0.884. The predicted molar refractivity (Wildman–Crippen MR) is 41.0 cm³/mol. The summed E-state index contributed by atoms with van der Waals surface area (Å²) in [6, 6.07) is 0. The Bertz CT molecular complexity index is 333. The van der Waals surface area contributed by atoms with E-state index in [0.717, 1.165) is 6.92 Å². The van der Waals surface area contributed by atoms with Crippen molar-refractivity contribution in [3.63, 3.8) is 0 Å². The quantitative estimate of drug-likeness (QED) is 0.374. The van der Waals surface area contributed by atoms with Gasteiger partial charge in [-0.1, -0.05) is 0 Å². The first-order valence-electron chi connectivity index (χ1n) is 4.02. The zero-order valence-corrected chi connectivity index (χ0v) is 8.22. The number of carboxylic acid groups (broad SMARTS) is 2. The second-order valence-electron chi connectivity index (χ2n) is 3.01. The van der Waals surface area contributed by atoms with Crippen molar-refractivity contribution in [3.05, 3.63) is 0 Å². The van der Waals surface area contributed by atoms with Gasteiger partial charge in [-0.15, -0.1) is 0 Å². The number of ether oxygens (including phenoxy) is 1. The van der Waals surface area contributed by atoms with Crippen molar-refractivity contribution in [3.8, 4) is 0 Å². The number of hydrogen-bond donors (Lipinski definition) is 1. The molecule has 0 fully saturated rings. The molecule has 0 amide bonds. The van der Waals surface area contributed by atoms with E-state index in [1.54, 1.807) is 0 Å². The average Bonchev–Trinajstić information content (AvgIpc) is 1.98. The van der Waals surface area contributed by atoms with Crippen LogP contribution in [0.4, 0.5) is 0 Å². The van der Waals surface area contributed by atoms with E-state index in [9.17, 15) is 34.5 Å². The fourth-order valence-corrected chi connectivity index (χ4v) is 0.881. The van der Waals surface area contributed by atoms with Crippen LogP contribution >= 0.6 is 0 Å².